The monoisotopic (exact) mass is 308 g/mol. The number of benzene rings is 2. The van der Waals surface area contributed by atoms with Crippen molar-refractivity contribution in [3.8, 4) is 11.5 Å². The Morgan fingerprint density at radius 1 is 1.13 bits per heavy atom. The Balaban J connectivity index is 1.73. The third-order valence-electron chi connectivity index (χ3n) is 3.62. The fourth-order valence-corrected chi connectivity index (χ4v) is 2.47. The Morgan fingerprint density at radius 3 is 2.78 bits per heavy atom. The zero-order valence-corrected chi connectivity index (χ0v) is 12.2. The molecule has 6 nitrogen and oxygen atoms in total. The van der Waals surface area contributed by atoms with Gasteiger partial charge in [0, 0.05) is 23.4 Å². The summed E-state index contributed by atoms with van der Waals surface area (Å²) in [4.78, 5) is 27.3. The molecule has 2 aliphatic heterocycles. The van der Waals surface area contributed by atoms with Crippen LogP contribution in [0.1, 0.15) is 6.92 Å². The van der Waals surface area contributed by atoms with E-state index < -0.39 is 6.23 Å². The molecule has 0 radical (unpaired) electrons. The largest absolute Gasteiger partial charge is 0.453 e. The number of rotatable bonds is 2. The van der Waals surface area contributed by atoms with E-state index in [2.05, 4.69) is 10.3 Å². The highest BCUT2D eigenvalue weighted by Gasteiger charge is 2.22. The van der Waals surface area contributed by atoms with Crippen LogP contribution >= 0.6 is 0 Å². The number of aromatic nitrogens is 1. The minimum atomic E-state index is -0.499. The van der Waals surface area contributed by atoms with Gasteiger partial charge in [-0.25, -0.2) is 9.78 Å². The van der Waals surface area contributed by atoms with Crippen LogP contribution in [0.25, 0.3) is 22.6 Å². The van der Waals surface area contributed by atoms with Crippen LogP contribution in [0, 0.1) is 0 Å². The molecule has 1 aliphatic carbocycles. The van der Waals surface area contributed by atoms with Crippen LogP contribution in [0.3, 0.4) is 0 Å². The van der Waals surface area contributed by atoms with Crippen LogP contribution in [0.15, 0.2) is 57.3 Å². The highest BCUT2D eigenvalue weighted by molar-refractivity contribution is 5.90. The van der Waals surface area contributed by atoms with Gasteiger partial charge in [-0.3, -0.25) is 4.79 Å². The third kappa shape index (κ3) is 2.44. The molecule has 3 aliphatic rings. The number of hydrogen-bond donors (Lipinski definition) is 1. The van der Waals surface area contributed by atoms with Crippen LogP contribution in [-0.4, -0.2) is 17.2 Å². The standard InChI is InChI=1S/C17H12N2O4/c1-9-6-16(23-17(9)21)18-10-2-4-12-14(7-10)22-15-8-11(20)3-5-13(15)19-12/h2-8,16,18H,1H3. The topological polar surface area (TPSA) is 81.4 Å². The number of carbonyl (C=O) groups excluding carboxylic acids is 1. The number of fused-ring (bicyclic) bond motifs is 2. The number of nitrogens with one attached hydrogen (secondary N) is 1. The summed E-state index contributed by atoms with van der Waals surface area (Å²) in [6.07, 6.45) is 1.22. The van der Waals surface area contributed by atoms with Crippen molar-refractivity contribution in [3.05, 3.63) is 58.3 Å². The summed E-state index contributed by atoms with van der Waals surface area (Å²) in [6, 6.07) is 9.89. The number of anilines is 1. The predicted octanol–water partition coefficient (Wildman–Crippen LogP) is 2.53. The summed E-state index contributed by atoms with van der Waals surface area (Å²) in [7, 11) is 0. The van der Waals surface area contributed by atoms with Gasteiger partial charge in [0.2, 0.25) is 0 Å². The maximum atomic E-state index is 11.4. The number of carbonyl (C=O) groups is 1. The summed E-state index contributed by atoms with van der Waals surface area (Å²) in [5.41, 5.74) is 3.01. The van der Waals surface area contributed by atoms with E-state index in [9.17, 15) is 9.59 Å². The highest BCUT2D eigenvalue weighted by Crippen LogP contribution is 2.26. The smallest absolute Gasteiger partial charge is 0.335 e. The molecule has 0 amide bonds. The van der Waals surface area contributed by atoms with Crippen molar-refractivity contribution in [1.29, 1.82) is 0 Å². The van der Waals surface area contributed by atoms with E-state index in [0.717, 1.165) is 5.69 Å². The number of esters is 1. The van der Waals surface area contributed by atoms with Crippen molar-refractivity contribution < 1.29 is 13.9 Å². The molecule has 0 fully saturated rings. The second-order valence-corrected chi connectivity index (χ2v) is 5.35. The van der Waals surface area contributed by atoms with Crippen LogP contribution in [0.2, 0.25) is 0 Å². The quantitative estimate of drug-likeness (QED) is 0.579. The van der Waals surface area contributed by atoms with Crippen molar-refractivity contribution >= 4 is 22.8 Å². The lowest BCUT2D eigenvalue weighted by molar-refractivity contribution is -0.138. The molecule has 0 saturated carbocycles. The Labute approximate surface area is 130 Å². The summed E-state index contributed by atoms with van der Waals surface area (Å²) in [6.45, 7) is 1.70. The summed E-state index contributed by atoms with van der Waals surface area (Å²) < 4.78 is 10.9. The van der Waals surface area contributed by atoms with Gasteiger partial charge >= 0.3 is 5.97 Å². The molecule has 0 saturated heterocycles. The molecule has 6 heteroatoms. The predicted molar refractivity (Wildman–Crippen MR) is 84.2 cm³/mol. The van der Waals surface area contributed by atoms with E-state index in [1.54, 1.807) is 31.2 Å². The summed E-state index contributed by atoms with van der Waals surface area (Å²) in [5.74, 6) is 0.105. The number of hydrogen-bond acceptors (Lipinski definition) is 6. The zero-order valence-electron chi connectivity index (χ0n) is 12.2. The van der Waals surface area contributed by atoms with E-state index in [-0.39, 0.29) is 11.4 Å². The van der Waals surface area contributed by atoms with E-state index >= 15 is 0 Å². The SMILES string of the molecule is CC1=CC(Nc2ccc3nc4ccc(=O)cc-4oc3c2)OC1=O. The maximum absolute atomic E-state index is 11.4. The van der Waals surface area contributed by atoms with Gasteiger partial charge < -0.3 is 14.5 Å². The van der Waals surface area contributed by atoms with E-state index in [1.165, 1.54) is 12.1 Å². The van der Waals surface area contributed by atoms with E-state index in [4.69, 9.17) is 9.15 Å². The lowest BCUT2D eigenvalue weighted by Gasteiger charge is -2.13. The van der Waals surface area contributed by atoms with Gasteiger partial charge in [-0.15, -0.1) is 0 Å². The molecule has 23 heavy (non-hydrogen) atoms. The summed E-state index contributed by atoms with van der Waals surface area (Å²) in [5, 5.41) is 3.08. The Hall–Kier alpha value is -3.15. The molecule has 1 aromatic rings. The lowest BCUT2D eigenvalue weighted by Crippen LogP contribution is -2.18. The molecule has 0 aromatic heterocycles. The van der Waals surface area contributed by atoms with Crippen molar-refractivity contribution in [2.75, 3.05) is 5.32 Å². The summed E-state index contributed by atoms with van der Waals surface area (Å²) >= 11 is 0. The lowest BCUT2D eigenvalue weighted by atomic mass is 10.2. The first kappa shape index (κ1) is 13.5. The number of ether oxygens (including phenoxy) is 1. The molecule has 1 unspecified atom stereocenters. The molecular weight excluding hydrogens is 296 g/mol. The van der Waals surface area contributed by atoms with Gasteiger partial charge in [-0.2, -0.15) is 0 Å². The first-order valence-corrected chi connectivity index (χ1v) is 7.09. The van der Waals surface area contributed by atoms with Gasteiger partial charge in [0.1, 0.15) is 11.2 Å². The van der Waals surface area contributed by atoms with Gasteiger partial charge in [0.25, 0.3) is 0 Å². The number of nitrogens with zero attached hydrogens (tertiary/aromatic N) is 1. The first-order valence-electron chi connectivity index (χ1n) is 7.09. The second kappa shape index (κ2) is 4.95. The zero-order chi connectivity index (χ0) is 16.0. The van der Waals surface area contributed by atoms with Crippen molar-refractivity contribution in [2.24, 2.45) is 0 Å². The molecule has 1 N–H and O–H groups in total. The van der Waals surface area contributed by atoms with Crippen LogP contribution in [0.4, 0.5) is 5.69 Å². The average Bonchev–Trinajstić information content (AvgIpc) is 2.83. The second-order valence-electron chi connectivity index (χ2n) is 5.35. The maximum Gasteiger partial charge on any atom is 0.335 e. The Bertz CT molecular complexity index is 989. The Morgan fingerprint density at radius 2 is 2.00 bits per heavy atom. The molecule has 4 rings (SSSR count). The average molecular weight is 308 g/mol. The molecule has 0 spiro atoms. The van der Waals surface area contributed by atoms with Crippen molar-refractivity contribution in [1.82, 2.24) is 4.98 Å². The van der Waals surface area contributed by atoms with E-state index in [1.807, 2.05) is 6.07 Å². The van der Waals surface area contributed by atoms with Crippen LogP contribution in [0.5, 0.6) is 0 Å². The highest BCUT2D eigenvalue weighted by atomic mass is 16.6. The van der Waals surface area contributed by atoms with Crippen molar-refractivity contribution in [2.45, 2.75) is 13.2 Å². The number of cyclic esters (lactones) is 1. The molecule has 2 heterocycles. The van der Waals surface area contributed by atoms with Gasteiger partial charge in [-0.1, -0.05) is 0 Å². The fraction of sp³-hybridized carbons (Fsp3) is 0.118. The minimum absolute atomic E-state index is 0.129. The van der Waals surface area contributed by atoms with Gasteiger partial charge in [-0.05, 0) is 37.3 Å². The molecular formula is C17H12N2O4. The van der Waals surface area contributed by atoms with Crippen molar-refractivity contribution in [3.63, 3.8) is 0 Å². The van der Waals surface area contributed by atoms with Gasteiger partial charge in [0.15, 0.2) is 23.0 Å². The van der Waals surface area contributed by atoms with E-state index in [0.29, 0.717) is 28.1 Å². The fourth-order valence-electron chi connectivity index (χ4n) is 2.47. The van der Waals surface area contributed by atoms with Crippen LogP contribution < -0.4 is 10.7 Å². The normalized spacial score (nSPS) is 17.3. The minimum Gasteiger partial charge on any atom is -0.453 e. The molecule has 114 valence electrons. The third-order valence-corrected chi connectivity index (χ3v) is 3.62. The molecule has 0 bridgehead atoms. The van der Waals surface area contributed by atoms with Gasteiger partial charge in [0.05, 0.1) is 0 Å². The Kier molecular flexibility index (Phi) is 2.90. The molecule has 1 atom stereocenters. The molecule has 1 aromatic carbocycles. The van der Waals surface area contributed by atoms with Crippen LogP contribution in [-0.2, 0) is 9.53 Å². The first-order chi connectivity index (χ1) is 11.1.